The zero-order valence-electron chi connectivity index (χ0n) is 26.9. The number of carbonyl (C=O) groups is 4. The molecule has 0 aliphatic carbocycles. The van der Waals surface area contributed by atoms with Crippen LogP contribution in [-0.4, -0.2) is 79.5 Å². The van der Waals surface area contributed by atoms with E-state index >= 15 is 0 Å². The van der Waals surface area contributed by atoms with Gasteiger partial charge in [0.1, 0.15) is 12.1 Å². The zero-order valence-corrected chi connectivity index (χ0v) is 27.7. The minimum absolute atomic E-state index is 0.0473. The number of amides is 3. The normalized spacial score (nSPS) is 18.4. The van der Waals surface area contributed by atoms with Gasteiger partial charge in [0.15, 0.2) is 15.6 Å². The standard InChI is InChI=1S/C33H45N3O8S/c1-20(2)27(28(38)23-16-12-9-13-17-23)35-26(37)19-25-29(44-25)24(18-22-14-10-8-11-15-22)34-31(39)30(33(5,6)45(7,41)42)36-32(40)43-21(3)4/h8-17,20-21,24-25,27,29-30H,18-19H2,1-7H3,(H,34,39)(H,35,37)(H,36,40)/t24?,25?,27?,29?,30-/m1/s1. The number of nitrogens with one attached hydrogen (secondary N) is 3. The molecular weight excluding hydrogens is 598 g/mol. The van der Waals surface area contributed by atoms with Crippen molar-refractivity contribution < 1.29 is 37.1 Å². The van der Waals surface area contributed by atoms with Crippen LogP contribution in [0.4, 0.5) is 4.79 Å². The van der Waals surface area contributed by atoms with Crippen molar-refractivity contribution in [2.24, 2.45) is 5.92 Å². The highest BCUT2D eigenvalue weighted by atomic mass is 32.2. The summed E-state index contributed by atoms with van der Waals surface area (Å²) in [5, 5.41) is 8.16. The second kappa shape index (κ2) is 15.0. The molecular formula is C33H45N3O8S. The number of ketones is 1. The third-order valence-corrected chi connectivity index (χ3v) is 10.0. The summed E-state index contributed by atoms with van der Waals surface area (Å²) in [6.07, 6.45) is -1.29. The number of hydrogen-bond acceptors (Lipinski definition) is 8. The molecule has 2 aromatic rings. The zero-order chi connectivity index (χ0) is 33.5. The molecule has 3 N–H and O–H groups in total. The first-order chi connectivity index (χ1) is 21.0. The van der Waals surface area contributed by atoms with Gasteiger partial charge in [-0.15, -0.1) is 0 Å². The van der Waals surface area contributed by atoms with Crippen LogP contribution in [0, 0.1) is 5.92 Å². The van der Waals surface area contributed by atoms with E-state index in [1.807, 2.05) is 50.2 Å². The maximum atomic E-state index is 13.7. The van der Waals surface area contributed by atoms with Gasteiger partial charge in [-0.1, -0.05) is 74.5 Å². The van der Waals surface area contributed by atoms with Gasteiger partial charge in [-0.05, 0) is 45.6 Å². The fraction of sp³-hybridized carbons (Fsp3) is 0.515. The van der Waals surface area contributed by atoms with E-state index in [2.05, 4.69) is 16.0 Å². The summed E-state index contributed by atoms with van der Waals surface area (Å²) in [7, 11) is -3.84. The molecule has 3 amide bonds. The van der Waals surface area contributed by atoms with Gasteiger partial charge in [-0.2, -0.15) is 0 Å². The van der Waals surface area contributed by atoms with Crippen molar-refractivity contribution in [2.45, 2.75) is 95.6 Å². The van der Waals surface area contributed by atoms with Gasteiger partial charge in [0.05, 0.1) is 35.5 Å². The maximum absolute atomic E-state index is 13.7. The van der Waals surface area contributed by atoms with Crippen molar-refractivity contribution in [3.8, 4) is 0 Å². The van der Waals surface area contributed by atoms with E-state index in [0.717, 1.165) is 11.8 Å². The number of sulfone groups is 1. The lowest BCUT2D eigenvalue weighted by Gasteiger charge is -2.33. The molecule has 1 aliphatic heterocycles. The van der Waals surface area contributed by atoms with E-state index in [1.54, 1.807) is 38.1 Å². The van der Waals surface area contributed by atoms with E-state index in [-0.39, 0.29) is 24.0 Å². The Balaban J connectivity index is 1.78. The number of epoxide rings is 1. The van der Waals surface area contributed by atoms with Crippen LogP contribution in [0.5, 0.6) is 0 Å². The predicted octanol–water partition coefficient (Wildman–Crippen LogP) is 3.22. The van der Waals surface area contributed by atoms with Crippen LogP contribution in [0.2, 0.25) is 0 Å². The van der Waals surface area contributed by atoms with Gasteiger partial charge in [0.25, 0.3) is 0 Å². The molecule has 12 heteroatoms. The van der Waals surface area contributed by atoms with E-state index in [0.29, 0.717) is 12.0 Å². The van der Waals surface area contributed by atoms with Gasteiger partial charge < -0.3 is 25.4 Å². The van der Waals surface area contributed by atoms with Crippen molar-refractivity contribution in [3.05, 3.63) is 71.8 Å². The second-order valence-electron chi connectivity index (χ2n) is 12.6. The van der Waals surface area contributed by atoms with E-state index < -0.39 is 63.0 Å². The van der Waals surface area contributed by atoms with Crippen LogP contribution in [0.15, 0.2) is 60.7 Å². The summed E-state index contributed by atoms with van der Waals surface area (Å²) in [4.78, 5) is 52.4. The van der Waals surface area contributed by atoms with Crippen LogP contribution in [0.3, 0.4) is 0 Å². The molecule has 4 unspecified atom stereocenters. The van der Waals surface area contributed by atoms with Crippen LogP contribution >= 0.6 is 0 Å². The van der Waals surface area contributed by atoms with Gasteiger partial charge in [0.2, 0.25) is 11.8 Å². The van der Waals surface area contributed by atoms with Gasteiger partial charge >= 0.3 is 6.09 Å². The fourth-order valence-electron chi connectivity index (χ4n) is 4.93. The van der Waals surface area contributed by atoms with Crippen LogP contribution in [0.25, 0.3) is 0 Å². The van der Waals surface area contributed by atoms with E-state index in [4.69, 9.17) is 9.47 Å². The lowest BCUT2D eigenvalue weighted by Crippen LogP contribution is -2.62. The Bertz CT molecular complexity index is 1440. The van der Waals surface area contributed by atoms with E-state index in [9.17, 15) is 27.6 Å². The highest BCUT2D eigenvalue weighted by Gasteiger charge is 2.50. The topological polar surface area (TPSA) is 160 Å². The third kappa shape index (κ3) is 9.86. The number of benzene rings is 2. The first-order valence-electron chi connectivity index (χ1n) is 15.1. The van der Waals surface area contributed by atoms with Crippen LogP contribution in [0.1, 0.15) is 63.9 Å². The molecule has 0 saturated carbocycles. The number of hydrogen-bond donors (Lipinski definition) is 3. The van der Waals surface area contributed by atoms with Crippen LogP contribution in [-0.2, 0) is 35.3 Å². The lowest BCUT2D eigenvalue weighted by atomic mass is 9.94. The Hall–Kier alpha value is -3.77. The summed E-state index contributed by atoms with van der Waals surface area (Å²) in [5.41, 5.74) is 1.38. The molecule has 0 aromatic heterocycles. The minimum atomic E-state index is -3.84. The molecule has 1 heterocycles. The fourth-order valence-corrected chi connectivity index (χ4v) is 5.52. The number of Topliss-reactive ketones (excluding diaryl/α,β-unsaturated/α-hetero) is 1. The van der Waals surface area contributed by atoms with Crippen molar-refractivity contribution in [2.75, 3.05) is 6.26 Å². The van der Waals surface area contributed by atoms with E-state index in [1.165, 1.54) is 13.8 Å². The summed E-state index contributed by atoms with van der Waals surface area (Å²) < 4.78 is 34.7. The van der Waals surface area contributed by atoms with Crippen LogP contribution < -0.4 is 16.0 Å². The molecule has 0 spiro atoms. The van der Waals surface area contributed by atoms with Gasteiger partial charge in [-0.25, -0.2) is 13.2 Å². The smallest absolute Gasteiger partial charge is 0.408 e. The second-order valence-corrected chi connectivity index (χ2v) is 15.2. The summed E-state index contributed by atoms with van der Waals surface area (Å²) in [5.74, 6) is -1.46. The molecule has 1 saturated heterocycles. The predicted molar refractivity (Wildman–Crippen MR) is 170 cm³/mol. The number of alkyl carbamates (subject to hydrolysis) is 1. The molecule has 1 aliphatic rings. The molecule has 11 nitrogen and oxygen atoms in total. The molecule has 1 fully saturated rings. The summed E-state index contributed by atoms with van der Waals surface area (Å²) in [6, 6.07) is 15.2. The summed E-state index contributed by atoms with van der Waals surface area (Å²) >= 11 is 0. The number of rotatable bonds is 15. The average Bonchev–Trinajstić information content (AvgIpc) is 3.72. The first kappa shape index (κ1) is 35.7. The van der Waals surface area contributed by atoms with Gasteiger partial charge in [-0.3, -0.25) is 14.4 Å². The largest absolute Gasteiger partial charge is 0.447 e. The minimum Gasteiger partial charge on any atom is -0.447 e. The van der Waals surface area contributed by atoms with Crippen molar-refractivity contribution in [1.29, 1.82) is 0 Å². The molecule has 0 radical (unpaired) electrons. The Kier molecular flexibility index (Phi) is 11.9. The van der Waals surface area contributed by atoms with Crippen molar-refractivity contribution in [1.82, 2.24) is 16.0 Å². The highest BCUT2D eigenvalue weighted by molar-refractivity contribution is 7.92. The Morgan fingerprint density at radius 3 is 2.00 bits per heavy atom. The Morgan fingerprint density at radius 1 is 0.889 bits per heavy atom. The quantitative estimate of drug-likeness (QED) is 0.197. The Labute approximate surface area is 265 Å². The molecule has 5 atom stereocenters. The molecule has 3 rings (SSSR count). The molecule has 246 valence electrons. The van der Waals surface area contributed by atoms with Crippen molar-refractivity contribution >= 4 is 33.5 Å². The number of carbonyl (C=O) groups excluding carboxylic acids is 4. The highest BCUT2D eigenvalue weighted by Crippen LogP contribution is 2.31. The monoisotopic (exact) mass is 643 g/mol. The van der Waals surface area contributed by atoms with Crippen molar-refractivity contribution in [3.63, 3.8) is 0 Å². The molecule has 0 bridgehead atoms. The third-order valence-electron chi connectivity index (χ3n) is 7.87. The number of ether oxygens (including phenoxy) is 2. The SMILES string of the molecule is CC(C)OC(=O)N[C@H](C(=O)NC(Cc1ccccc1)C1OC1CC(=O)NC(C(=O)c1ccccc1)C(C)C)C(C)(C)S(C)(=O)=O. The Morgan fingerprint density at radius 2 is 1.47 bits per heavy atom. The molecule has 45 heavy (non-hydrogen) atoms. The lowest BCUT2D eigenvalue weighted by molar-refractivity contribution is -0.124. The average molecular weight is 644 g/mol. The van der Waals surface area contributed by atoms with Gasteiger partial charge in [0, 0.05) is 11.8 Å². The maximum Gasteiger partial charge on any atom is 0.408 e. The molecule has 2 aromatic carbocycles. The first-order valence-corrected chi connectivity index (χ1v) is 17.0. The summed E-state index contributed by atoms with van der Waals surface area (Å²) in [6.45, 7) is 9.69.